The Morgan fingerprint density at radius 1 is 1.35 bits per heavy atom. The maximum Gasteiger partial charge on any atom is 0.193 e. The Balaban J connectivity index is 1.71. The molecule has 124 valence electrons. The first kappa shape index (κ1) is 17.2. The molecule has 0 spiro atoms. The molecule has 6 heteroatoms. The van der Waals surface area contributed by atoms with E-state index in [0.29, 0.717) is 18.2 Å². The van der Waals surface area contributed by atoms with Crippen LogP contribution >= 0.6 is 11.6 Å². The number of benzene rings is 1. The van der Waals surface area contributed by atoms with Crippen molar-refractivity contribution in [2.24, 2.45) is 4.99 Å². The summed E-state index contributed by atoms with van der Waals surface area (Å²) in [7, 11) is 3.74. The van der Waals surface area contributed by atoms with Gasteiger partial charge in [-0.3, -0.25) is 4.99 Å². The smallest absolute Gasteiger partial charge is 0.193 e. The summed E-state index contributed by atoms with van der Waals surface area (Å²) in [4.78, 5) is 6.29. The number of guanidine groups is 1. The molecule has 0 amide bonds. The number of halogens is 1. The van der Waals surface area contributed by atoms with Crippen LogP contribution in [0.2, 0.25) is 5.02 Å². The molecule has 1 heterocycles. The highest BCUT2D eigenvalue weighted by atomic mass is 35.5. The minimum absolute atomic E-state index is 0.551. The summed E-state index contributed by atoms with van der Waals surface area (Å²) in [5, 5.41) is 3.98. The third kappa shape index (κ3) is 5.87. The molecule has 0 unspecified atom stereocenters. The lowest BCUT2D eigenvalue weighted by atomic mass is 10.3. The van der Waals surface area contributed by atoms with Gasteiger partial charge >= 0.3 is 0 Å². The van der Waals surface area contributed by atoms with E-state index in [0.717, 1.165) is 30.4 Å². The number of hydrogen-bond donors (Lipinski definition) is 1. The van der Waals surface area contributed by atoms with Crippen molar-refractivity contribution in [3.05, 3.63) is 53.4 Å². The normalized spacial score (nSPS) is 11.3. The third-order valence-electron chi connectivity index (χ3n) is 3.30. The van der Waals surface area contributed by atoms with E-state index < -0.39 is 0 Å². The minimum Gasteiger partial charge on any atom is -0.492 e. The molecule has 0 aliphatic heterocycles. The zero-order valence-electron chi connectivity index (χ0n) is 13.5. The van der Waals surface area contributed by atoms with Gasteiger partial charge in [-0.25, -0.2) is 0 Å². The van der Waals surface area contributed by atoms with Crippen LogP contribution in [-0.4, -0.2) is 44.7 Å². The largest absolute Gasteiger partial charge is 0.492 e. The van der Waals surface area contributed by atoms with Crippen LogP contribution in [-0.2, 0) is 6.42 Å². The van der Waals surface area contributed by atoms with Crippen LogP contribution in [0.1, 0.15) is 5.76 Å². The molecular weight excluding hydrogens is 314 g/mol. The van der Waals surface area contributed by atoms with Crippen molar-refractivity contribution < 1.29 is 9.15 Å². The van der Waals surface area contributed by atoms with Crippen LogP contribution in [0.5, 0.6) is 5.75 Å². The quantitative estimate of drug-likeness (QED) is 0.624. The second-order valence-electron chi connectivity index (χ2n) is 5.03. The second-order valence-corrected chi connectivity index (χ2v) is 5.47. The van der Waals surface area contributed by atoms with E-state index in [2.05, 4.69) is 10.3 Å². The first-order valence-corrected chi connectivity index (χ1v) is 7.89. The zero-order chi connectivity index (χ0) is 16.5. The molecule has 0 atom stereocenters. The van der Waals surface area contributed by atoms with Gasteiger partial charge in [-0.15, -0.1) is 0 Å². The molecule has 0 aliphatic rings. The summed E-state index contributed by atoms with van der Waals surface area (Å²) in [6.45, 7) is 2.03. The van der Waals surface area contributed by atoms with Crippen LogP contribution in [0.4, 0.5) is 0 Å². The fourth-order valence-corrected chi connectivity index (χ4v) is 2.28. The summed E-state index contributed by atoms with van der Waals surface area (Å²) in [5.74, 6) is 2.55. The third-order valence-corrected chi connectivity index (χ3v) is 3.53. The average molecular weight is 336 g/mol. The van der Waals surface area contributed by atoms with Crippen molar-refractivity contribution in [3.63, 3.8) is 0 Å². The molecule has 2 aromatic rings. The number of likely N-dealkylation sites (N-methyl/N-ethyl adjacent to an activating group) is 1. The van der Waals surface area contributed by atoms with E-state index in [1.807, 2.05) is 42.3 Å². The van der Waals surface area contributed by atoms with E-state index in [4.69, 9.17) is 20.8 Å². The van der Waals surface area contributed by atoms with Crippen LogP contribution in [0.25, 0.3) is 0 Å². The summed E-state index contributed by atoms with van der Waals surface area (Å²) in [5.41, 5.74) is 0. The SMILES string of the molecule is CN=C(NCCc1ccco1)N(C)CCOc1cccc(Cl)c1. The highest BCUT2D eigenvalue weighted by Gasteiger charge is 2.06. The van der Waals surface area contributed by atoms with E-state index in [9.17, 15) is 0 Å². The molecular formula is C17H22ClN3O2. The number of hydrogen-bond acceptors (Lipinski definition) is 3. The lowest BCUT2D eigenvalue weighted by molar-refractivity contribution is 0.281. The highest BCUT2D eigenvalue weighted by Crippen LogP contribution is 2.16. The Morgan fingerprint density at radius 3 is 2.91 bits per heavy atom. The maximum absolute atomic E-state index is 5.93. The van der Waals surface area contributed by atoms with E-state index in [-0.39, 0.29) is 0 Å². The topological polar surface area (TPSA) is 50.0 Å². The van der Waals surface area contributed by atoms with Gasteiger partial charge in [0.15, 0.2) is 5.96 Å². The summed E-state index contributed by atoms with van der Waals surface area (Å²) < 4.78 is 11.0. The highest BCUT2D eigenvalue weighted by molar-refractivity contribution is 6.30. The van der Waals surface area contributed by atoms with E-state index >= 15 is 0 Å². The molecule has 2 rings (SSSR count). The zero-order valence-corrected chi connectivity index (χ0v) is 14.2. The Labute approximate surface area is 141 Å². The predicted octanol–water partition coefficient (Wildman–Crippen LogP) is 3.06. The molecule has 1 aromatic carbocycles. The first-order chi connectivity index (χ1) is 11.2. The molecule has 1 N–H and O–H groups in total. The monoisotopic (exact) mass is 335 g/mol. The van der Waals surface area contributed by atoms with Crippen molar-refractivity contribution >= 4 is 17.6 Å². The van der Waals surface area contributed by atoms with Gasteiger partial charge < -0.3 is 19.4 Å². The number of rotatable bonds is 7. The standard InChI is InChI=1S/C17H22ClN3O2/c1-19-17(20-9-8-15-7-4-11-22-15)21(2)10-12-23-16-6-3-5-14(18)13-16/h3-7,11,13H,8-10,12H2,1-2H3,(H,19,20). The first-order valence-electron chi connectivity index (χ1n) is 7.51. The molecule has 0 bridgehead atoms. The van der Waals surface area contributed by atoms with Gasteiger partial charge in [-0.1, -0.05) is 17.7 Å². The summed E-state index contributed by atoms with van der Waals surface area (Å²) in [6, 6.07) is 11.2. The number of aliphatic imine (C=N–C) groups is 1. The Bertz CT molecular complexity index is 614. The van der Waals surface area contributed by atoms with Crippen molar-refractivity contribution in [2.45, 2.75) is 6.42 Å². The minimum atomic E-state index is 0.551. The number of nitrogens with zero attached hydrogens (tertiary/aromatic N) is 2. The van der Waals surface area contributed by atoms with E-state index in [1.165, 1.54) is 0 Å². The average Bonchev–Trinajstić information content (AvgIpc) is 3.05. The van der Waals surface area contributed by atoms with Gasteiger partial charge in [0.05, 0.1) is 12.8 Å². The van der Waals surface area contributed by atoms with Gasteiger partial charge in [0.1, 0.15) is 18.1 Å². The maximum atomic E-state index is 5.93. The Kier molecular flexibility index (Phi) is 6.81. The van der Waals surface area contributed by atoms with Gasteiger partial charge in [0, 0.05) is 32.1 Å². The fraction of sp³-hybridized carbons (Fsp3) is 0.353. The van der Waals surface area contributed by atoms with Crippen molar-refractivity contribution in [2.75, 3.05) is 33.8 Å². The molecule has 0 radical (unpaired) electrons. The lowest BCUT2D eigenvalue weighted by Gasteiger charge is -2.22. The Hall–Kier alpha value is -2.14. The Morgan fingerprint density at radius 2 is 2.22 bits per heavy atom. The molecule has 1 aromatic heterocycles. The van der Waals surface area contributed by atoms with Crippen molar-refractivity contribution in [1.82, 2.24) is 10.2 Å². The molecule has 0 saturated carbocycles. The lowest BCUT2D eigenvalue weighted by Crippen LogP contribution is -2.41. The van der Waals surface area contributed by atoms with Crippen LogP contribution in [0.3, 0.4) is 0 Å². The van der Waals surface area contributed by atoms with Crippen LogP contribution in [0.15, 0.2) is 52.1 Å². The molecule has 5 nitrogen and oxygen atoms in total. The van der Waals surface area contributed by atoms with Crippen LogP contribution < -0.4 is 10.1 Å². The van der Waals surface area contributed by atoms with Crippen molar-refractivity contribution in [1.29, 1.82) is 0 Å². The fourth-order valence-electron chi connectivity index (χ4n) is 2.10. The molecule has 23 heavy (non-hydrogen) atoms. The predicted molar refractivity (Wildman–Crippen MR) is 93.4 cm³/mol. The summed E-state index contributed by atoms with van der Waals surface area (Å²) in [6.07, 6.45) is 2.50. The number of furan rings is 1. The van der Waals surface area contributed by atoms with Gasteiger partial charge in [0.25, 0.3) is 0 Å². The number of ether oxygens (including phenoxy) is 1. The van der Waals surface area contributed by atoms with Crippen molar-refractivity contribution in [3.8, 4) is 5.75 Å². The number of nitrogens with one attached hydrogen (secondary N) is 1. The molecule has 0 fully saturated rings. The second kappa shape index (κ2) is 9.10. The van der Waals surface area contributed by atoms with E-state index in [1.54, 1.807) is 19.4 Å². The van der Waals surface area contributed by atoms with Gasteiger partial charge in [-0.2, -0.15) is 0 Å². The summed E-state index contributed by atoms with van der Waals surface area (Å²) >= 11 is 5.93. The molecule has 0 aliphatic carbocycles. The van der Waals surface area contributed by atoms with Crippen LogP contribution in [0, 0.1) is 0 Å². The van der Waals surface area contributed by atoms with Gasteiger partial charge in [0.2, 0.25) is 0 Å². The molecule has 0 saturated heterocycles. The van der Waals surface area contributed by atoms with Gasteiger partial charge in [-0.05, 0) is 30.3 Å².